The van der Waals surface area contributed by atoms with Gasteiger partial charge in [-0.3, -0.25) is 4.79 Å². The van der Waals surface area contributed by atoms with Crippen LogP contribution in [0.3, 0.4) is 0 Å². The molecule has 2 aliphatic heterocycles. The lowest BCUT2D eigenvalue weighted by Crippen LogP contribution is -2.44. The van der Waals surface area contributed by atoms with Gasteiger partial charge in [0.1, 0.15) is 6.04 Å². The van der Waals surface area contributed by atoms with E-state index in [1.807, 2.05) is 89.2 Å². The Hall–Kier alpha value is -3.67. The summed E-state index contributed by atoms with van der Waals surface area (Å²) in [4.78, 5) is 16.4. The first-order chi connectivity index (χ1) is 14.7. The van der Waals surface area contributed by atoms with E-state index in [4.69, 9.17) is 0 Å². The second-order valence-corrected chi connectivity index (χ2v) is 8.49. The maximum Gasteiger partial charge on any atom is 0.195 e. The topological polar surface area (TPSA) is 67.9 Å². The molecule has 1 fully saturated rings. The number of ketones is 1. The minimum Gasteiger partial charge on any atom is -0.351 e. The summed E-state index contributed by atoms with van der Waals surface area (Å²) in [5.74, 6) is -0.634. The summed E-state index contributed by atoms with van der Waals surface area (Å²) >= 11 is 1.39. The smallest absolute Gasteiger partial charge is 0.195 e. The number of para-hydroxylation sites is 1. The van der Waals surface area contributed by atoms with Crippen LogP contribution in [0.2, 0.25) is 0 Å². The third-order valence-electron chi connectivity index (χ3n) is 6.11. The van der Waals surface area contributed by atoms with Crippen LogP contribution in [-0.2, 0) is 0 Å². The van der Waals surface area contributed by atoms with E-state index in [9.17, 15) is 15.3 Å². The Morgan fingerprint density at radius 3 is 2.40 bits per heavy atom. The highest BCUT2D eigenvalue weighted by atomic mass is 32.1. The molecule has 0 saturated carbocycles. The number of hydrogen-bond acceptors (Lipinski definition) is 5. The zero-order chi connectivity index (χ0) is 20.7. The number of nitrogens with zero attached hydrogens (tertiary/aromatic N) is 3. The molecule has 3 unspecified atom stereocenters. The monoisotopic (exact) mass is 407 g/mol. The summed E-state index contributed by atoms with van der Waals surface area (Å²) in [6, 6.07) is 24.5. The maximum atomic E-state index is 13.8. The van der Waals surface area contributed by atoms with Gasteiger partial charge in [0.05, 0.1) is 23.1 Å². The molecule has 30 heavy (non-hydrogen) atoms. The average molecular weight is 407 g/mol. The van der Waals surface area contributed by atoms with Gasteiger partial charge in [-0.25, -0.2) is 0 Å². The van der Waals surface area contributed by atoms with E-state index in [0.29, 0.717) is 4.88 Å². The third kappa shape index (κ3) is 2.46. The predicted octanol–water partition coefficient (Wildman–Crippen LogP) is 5.03. The lowest BCUT2D eigenvalue weighted by molar-refractivity contribution is 0.0955. The van der Waals surface area contributed by atoms with E-state index in [2.05, 4.69) is 12.1 Å². The molecule has 0 N–H and O–H groups in total. The first kappa shape index (κ1) is 18.4. The molecule has 3 atom stereocenters. The Labute approximate surface area is 178 Å². The van der Waals surface area contributed by atoms with Crippen LogP contribution in [-0.4, -0.2) is 17.9 Å². The van der Waals surface area contributed by atoms with Crippen LogP contribution in [0.1, 0.15) is 26.7 Å². The van der Waals surface area contributed by atoms with Crippen molar-refractivity contribution in [3.63, 3.8) is 0 Å². The standard InChI is InChI=1S/C25H17N3OS/c26-15-25(16-27)21-13-12-17-7-4-5-10-19(17)28(21)23(24(29)20-11-6-14-30-20)22(25)18-8-2-1-3-9-18/h1-14,21-23H. The van der Waals surface area contributed by atoms with Crippen molar-refractivity contribution in [1.29, 1.82) is 10.5 Å². The van der Waals surface area contributed by atoms with Crippen molar-refractivity contribution in [3.8, 4) is 12.1 Å². The van der Waals surface area contributed by atoms with Gasteiger partial charge in [0.15, 0.2) is 11.2 Å². The number of carbonyl (C=O) groups excluding carboxylic acids is 1. The summed E-state index contributed by atoms with van der Waals surface area (Å²) in [6.07, 6.45) is 3.87. The van der Waals surface area contributed by atoms with Gasteiger partial charge in [0.25, 0.3) is 0 Å². The van der Waals surface area contributed by atoms with Crippen molar-refractivity contribution in [1.82, 2.24) is 0 Å². The molecule has 1 saturated heterocycles. The van der Waals surface area contributed by atoms with Crippen molar-refractivity contribution < 1.29 is 4.79 Å². The molecule has 2 aromatic carbocycles. The van der Waals surface area contributed by atoms with Gasteiger partial charge >= 0.3 is 0 Å². The van der Waals surface area contributed by atoms with Crippen LogP contribution in [0.25, 0.3) is 6.08 Å². The molecule has 0 spiro atoms. The zero-order valence-electron chi connectivity index (χ0n) is 16.0. The molecule has 0 aliphatic carbocycles. The number of benzene rings is 2. The van der Waals surface area contributed by atoms with Gasteiger partial charge < -0.3 is 4.90 Å². The van der Waals surface area contributed by atoms with E-state index in [1.54, 1.807) is 0 Å². The van der Waals surface area contributed by atoms with Crippen LogP contribution in [0.5, 0.6) is 0 Å². The first-order valence-corrected chi connectivity index (χ1v) is 10.6. The molecule has 0 radical (unpaired) electrons. The summed E-state index contributed by atoms with van der Waals surface area (Å²) < 4.78 is 0. The number of carbonyl (C=O) groups is 1. The number of hydrogen-bond donors (Lipinski definition) is 0. The number of nitriles is 2. The summed E-state index contributed by atoms with van der Waals surface area (Å²) in [5.41, 5.74) is 1.31. The van der Waals surface area contributed by atoms with Gasteiger partial charge in [-0.2, -0.15) is 10.5 Å². The highest BCUT2D eigenvalue weighted by Gasteiger charge is 2.63. The fourth-order valence-corrected chi connectivity index (χ4v) is 5.53. The molecule has 5 rings (SSSR count). The fraction of sp³-hybridized carbons (Fsp3) is 0.160. The molecular formula is C25H17N3OS. The Kier molecular flexibility index (Phi) is 4.28. The highest BCUT2D eigenvalue weighted by molar-refractivity contribution is 7.12. The van der Waals surface area contributed by atoms with E-state index >= 15 is 0 Å². The molecule has 3 aromatic rings. The van der Waals surface area contributed by atoms with Crippen molar-refractivity contribution in [3.05, 3.63) is 94.2 Å². The van der Waals surface area contributed by atoms with Crippen LogP contribution in [0.15, 0.2) is 78.2 Å². The van der Waals surface area contributed by atoms with Crippen molar-refractivity contribution in [2.24, 2.45) is 5.41 Å². The highest BCUT2D eigenvalue weighted by Crippen LogP contribution is 2.55. The van der Waals surface area contributed by atoms with E-state index < -0.39 is 23.4 Å². The van der Waals surface area contributed by atoms with E-state index in [0.717, 1.165) is 16.8 Å². The number of Topliss-reactive ketones (excluding diaryl/α,β-unsaturated/α-hetero) is 1. The Morgan fingerprint density at radius 2 is 1.70 bits per heavy atom. The van der Waals surface area contributed by atoms with Crippen molar-refractivity contribution in [2.75, 3.05) is 4.90 Å². The van der Waals surface area contributed by atoms with Crippen molar-refractivity contribution in [2.45, 2.75) is 18.0 Å². The SMILES string of the molecule is N#CC1(C#N)C(c2ccccc2)C(C(=O)c2cccs2)N2c3ccccc3C=CC21. The van der Waals surface area contributed by atoms with Gasteiger partial charge in [0, 0.05) is 11.6 Å². The number of thiophene rings is 1. The lowest BCUT2D eigenvalue weighted by atomic mass is 9.69. The fourth-order valence-electron chi connectivity index (χ4n) is 4.83. The number of anilines is 1. The molecule has 2 aliphatic rings. The molecule has 1 aromatic heterocycles. The van der Waals surface area contributed by atoms with Crippen LogP contribution >= 0.6 is 11.3 Å². The van der Waals surface area contributed by atoms with Gasteiger partial charge in [-0.15, -0.1) is 11.3 Å². The Morgan fingerprint density at radius 1 is 0.967 bits per heavy atom. The minimum atomic E-state index is -1.39. The number of rotatable bonds is 3. The molecule has 0 bridgehead atoms. The van der Waals surface area contributed by atoms with Gasteiger partial charge in [-0.05, 0) is 28.6 Å². The minimum absolute atomic E-state index is 0.0543. The molecule has 0 amide bonds. The molecular weight excluding hydrogens is 390 g/mol. The lowest BCUT2D eigenvalue weighted by Gasteiger charge is -2.35. The van der Waals surface area contributed by atoms with Crippen LogP contribution in [0, 0.1) is 28.1 Å². The van der Waals surface area contributed by atoms with Gasteiger partial charge in [0.2, 0.25) is 0 Å². The average Bonchev–Trinajstić information content (AvgIpc) is 3.44. The summed E-state index contributed by atoms with van der Waals surface area (Å²) in [7, 11) is 0. The Balaban J connectivity index is 1.80. The second-order valence-electron chi connectivity index (χ2n) is 7.54. The predicted molar refractivity (Wildman–Crippen MR) is 117 cm³/mol. The zero-order valence-corrected chi connectivity index (χ0v) is 16.8. The normalized spacial score (nSPS) is 23.1. The molecule has 5 heteroatoms. The van der Waals surface area contributed by atoms with Crippen molar-refractivity contribution >= 4 is 28.9 Å². The largest absolute Gasteiger partial charge is 0.351 e. The van der Waals surface area contributed by atoms with Crippen LogP contribution in [0.4, 0.5) is 5.69 Å². The van der Waals surface area contributed by atoms with E-state index in [-0.39, 0.29) is 5.78 Å². The summed E-state index contributed by atoms with van der Waals surface area (Å²) in [6.45, 7) is 0. The first-order valence-electron chi connectivity index (χ1n) is 9.72. The van der Waals surface area contributed by atoms with E-state index in [1.165, 1.54) is 11.3 Å². The molecule has 4 nitrogen and oxygen atoms in total. The maximum absolute atomic E-state index is 13.8. The molecule has 3 heterocycles. The summed E-state index contributed by atoms with van der Waals surface area (Å²) in [5, 5.41) is 22.5. The van der Waals surface area contributed by atoms with Crippen LogP contribution < -0.4 is 4.90 Å². The second kappa shape index (κ2) is 6.99. The third-order valence-corrected chi connectivity index (χ3v) is 6.99. The Bertz CT molecular complexity index is 1200. The van der Waals surface area contributed by atoms with Gasteiger partial charge in [-0.1, -0.05) is 66.7 Å². The quantitative estimate of drug-likeness (QED) is 0.571. The molecule has 144 valence electrons. The number of fused-ring (bicyclic) bond motifs is 3.